The molecule has 2 heterocycles. The SMILES string of the molecule is CCCCCCCCCCCCCCCCCC(=O)OOC(=O)C[C@@]1(OC2(CO)O[C@H](CO)[C@@H](O)[C@@H]2O)O[C@H](CO)[C@@H](O)[C@H](O)[C@H]1O. The summed E-state index contributed by atoms with van der Waals surface area (Å²) >= 11 is 0. The van der Waals surface area contributed by atoms with Crippen LogP contribution in [-0.2, 0) is 33.6 Å². The zero-order chi connectivity index (χ0) is 34.9. The molecule has 15 nitrogen and oxygen atoms in total. The van der Waals surface area contributed by atoms with Crippen LogP contribution in [-0.4, -0.2) is 127 Å². The third-order valence-electron chi connectivity index (χ3n) is 8.89. The highest BCUT2D eigenvalue weighted by atomic mass is 17.2. The first kappa shape index (κ1) is 41.7. The Balaban J connectivity index is 1.79. The Labute approximate surface area is 276 Å². The van der Waals surface area contributed by atoms with Gasteiger partial charge in [-0.1, -0.05) is 96.8 Å². The fourth-order valence-electron chi connectivity index (χ4n) is 6.02. The van der Waals surface area contributed by atoms with Gasteiger partial charge in [-0.15, -0.1) is 0 Å². The lowest BCUT2D eigenvalue weighted by Crippen LogP contribution is -2.70. The number of unbranched alkanes of at least 4 members (excludes halogenated alkanes) is 14. The molecule has 2 rings (SSSR count). The van der Waals surface area contributed by atoms with E-state index in [9.17, 15) is 50.4 Å². The third kappa shape index (κ3) is 12.4. The first-order valence-electron chi connectivity index (χ1n) is 17.2. The molecule has 0 aliphatic carbocycles. The molecule has 0 aromatic rings. The molecule has 0 aromatic carbocycles. The van der Waals surface area contributed by atoms with E-state index in [1.807, 2.05) is 0 Å². The van der Waals surface area contributed by atoms with E-state index in [2.05, 4.69) is 16.7 Å². The highest BCUT2D eigenvalue weighted by Crippen LogP contribution is 2.42. The number of hydrogen-bond acceptors (Lipinski definition) is 15. The molecule has 0 amide bonds. The van der Waals surface area contributed by atoms with Crippen LogP contribution < -0.4 is 0 Å². The number of ether oxygens (including phenoxy) is 3. The van der Waals surface area contributed by atoms with Gasteiger partial charge in [0.05, 0.1) is 19.6 Å². The maximum Gasteiger partial charge on any atom is 0.361 e. The lowest BCUT2D eigenvalue weighted by Gasteiger charge is -2.50. The molecule has 2 fully saturated rings. The molecule has 276 valence electrons. The van der Waals surface area contributed by atoms with E-state index in [0.717, 1.165) is 25.7 Å². The van der Waals surface area contributed by atoms with E-state index in [1.165, 1.54) is 64.2 Å². The number of carbonyl (C=O) groups is 2. The second-order valence-corrected chi connectivity index (χ2v) is 12.7. The van der Waals surface area contributed by atoms with Crippen molar-refractivity contribution < 1.29 is 74.4 Å². The van der Waals surface area contributed by atoms with Crippen LogP contribution in [0, 0.1) is 0 Å². The molecule has 0 radical (unpaired) electrons. The van der Waals surface area contributed by atoms with E-state index in [4.69, 9.17) is 14.2 Å². The largest absolute Gasteiger partial charge is 0.394 e. The normalized spacial score (nSPS) is 32.4. The summed E-state index contributed by atoms with van der Waals surface area (Å²) in [6, 6.07) is 0. The molecular formula is C32H58O15. The minimum atomic E-state index is -2.78. The molecule has 9 atom stereocenters. The first-order chi connectivity index (χ1) is 22.5. The average molecular weight is 683 g/mol. The fraction of sp³-hybridized carbons (Fsp3) is 0.938. The van der Waals surface area contributed by atoms with Crippen LogP contribution in [0.25, 0.3) is 0 Å². The van der Waals surface area contributed by atoms with E-state index < -0.39 is 92.5 Å². The Hall–Kier alpha value is -1.50. The third-order valence-corrected chi connectivity index (χ3v) is 8.89. The van der Waals surface area contributed by atoms with E-state index in [-0.39, 0.29) is 6.42 Å². The quantitative estimate of drug-likeness (QED) is 0.0419. The Kier molecular flexibility index (Phi) is 19.1. The van der Waals surface area contributed by atoms with Gasteiger partial charge in [-0.05, 0) is 6.42 Å². The van der Waals surface area contributed by atoms with E-state index >= 15 is 0 Å². The Morgan fingerprint density at radius 1 is 0.574 bits per heavy atom. The van der Waals surface area contributed by atoms with Crippen molar-refractivity contribution >= 4 is 11.9 Å². The minimum Gasteiger partial charge on any atom is -0.394 e. The summed E-state index contributed by atoms with van der Waals surface area (Å²) in [5.74, 6) is -7.60. The molecule has 0 aromatic heterocycles. The average Bonchev–Trinajstić information content (AvgIpc) is 3.30. The van der Waals surface area contributed by atoms with Crippen molar-refractivity contribution in [2.24, 2.45) is 0 Å². The van der Waals surface area contributed by atoms with Crippen LogP contribution in [0.3, 0.4) is 0 Å². The van der Waals surface area contributed by atoms with Gasteiger partial charge in [0.15, 0.2) is 0 Å². The lowest BCUT2D eigenvalue weighted by atomic mass is 9.90. The number of aliphatic hydroxyl groups excluding tert-OH is 8. The summed E-state index contributed by atoms with van der Waals surface area (Å²) < 4.78 is 16.4. The van der Waals surface area contributed by atoms with Crippen LogP contribution >= 0.6 is 0 Å². The monoisotopic (exact) mass is 682 g/mol. The summed E-state index contributed by atoms with van der Waals surface area (Å²) in [6.45, 7) is -0.734. The number of carbonyl (C=O) groups excluding carboxylic acids is 2. The molecule has 2 aliphatic heterocycles. The number of aliphatic hydroxyl groups is 8. The van der Waals surface area contributed by atoms with Crippen LogP contribution in [0.1, 0.15) is 116 Å². The van der Waals surface area contributed by atoms with Gasteiger partial charge < -0.3 is 55.1 Å². The molecule has 0 bridgehead atoms. The highest BCUT2D eigenvalue weighted by molar-refractivity contribution is 5.73. The van der Waals surface area contributed by atoms with Crippen LogP contribution in [0.2, 0.25) is 0 Å². The van der Waals surface area contributed by atoms with Crippen LogP contribution in [0.15, 0.2) is 0 Å². The Morgan fingerprint density at radius 3 is 1.47 bits per heavy atom. The summed E-state index contributed by atoms with van der Waals surface area (Å²) in [4.78, 5) is 34.1. The second-order valence-electron chi connectivity index (χ2n) is 12.7. The van der Waals surface area contributed by atoms with Crippen LogP contribution in [0.5, 0.6) is 0 Å². The molecule has 2 aliphatic rings. The van der Waals surface area contributed by atoms with Gasteiger partial charge >= 0.3 is 11.9 Å². The summed E-state index contributed by atoms with van der Waals surface area (Å²) in [7, 11) is 0. The van der Waals surface area contributed by atoms with Crippen molar-refractivity contribution in [2.75, 3.05) is 19.8 Å². The predicted octanol–water partition coefficient (Wildman–Crippen LogP) is 0.628. The molecular weight excluding hydrogens is 624 g/mol. The highest BCUT2D eigenvalue weighted by Gasteiger charge is 2.64. The van der Waals surface area contributed by atoms with Gasteiger partial charge in [-0.2, -0.15) is 0 Å². The van der Waals surface area contributed by atoms with Gasteiger partial charge in [-0.3, -0.25) is 0 Å². The maximum atomic E-state index is 12.8. The standard InChI is InChI=1S/C32H58O15/c1-2-3-4-5-6-7-8-9-10-11-12-13-14-15-16-17-24(36)45-46-25(37)18-31(30(42)28(40)26(38)22(19-33)43-31)47-32(21-35)29(41)27(39)23(20-34)44-32/h22-23,26-30,33-35,38-42H,2-21H2,1H3/t22-,23-,26-,27-,28+,29+,30-,31+,32?/m1/s1. The fourth-order valence-corrected chi connectivity index (χ4v) is 6.02. The maximum absolute atomic E-state index is 12.8. The molecule has 47 heavy (non-hydrogen) atoms. The first-order valence-corrected chi connectivity index (χ1v) is 17.2. The van der Waals surface area contributed by atoms with Crippen molar-refractivity contribution in [1.29, 1.82) is 0 Å². The van der Waals surface area contributed by atoms with E-state index in [1.54, 1.807) is 0 Å². The van der Waals surface area contributed by atoms with Gasteiger partial charge in [0, 0.05) is 0 Å². The van der Waals surface area contributed by atoms with Crippen molar-refractivity contribution in [2.45, 2.75) is 170 Å². The molecule has 1 unspecified atom stereocenters. The summed E-state index contributed by atoms with van der Waals surface area (Å²) in [5, 5.41) is 81.5. The zero-order valence-corrected chi connectivity index (χ0v) is 27.6. The summed E-state index contributed by atoms with van der Waals surface area (Å²) in [5.41, 5.74) is 0. The van der Waals surface area contributed by atoms with E-state index in [0.29, 0.717) is 6.42 Å². The smallest absolute Gasteiger partial charge is 0.361 e. The van der Waals surface area contributed by atoms with Crippen LogP contribution in [0.4, 0.5) is 0 Å². The van der Waals surface area contributed by atoms with Crippen molar-refractivity contribution in [1.82, 2.24) is 0 Å². The topological polar surface area (TPSA) is 242 Å². The van der Waals surface area contributed by atoms with Gasteiger partial charge in [0.25, 0.3) is 0 Å². The van der Waals surface area contributed by atoms with Crippen molar-refractivity contribution in [3.8, 4) is 0 Å². The van der Waals surface area contributed by atoms with Gasteiger partial charge in [0.2, 0.25) is 11.6 Å². The number of hydrogen-bond donors (Lipinski definition) is 8. The van der Waals surface area contributed by atoms with Crippen molar-refractivity contribution in [3.63, 3.8) is 0 Å². The molecule has 15 heteroatoms. The van der Waals surface area contributed by atoms with Crippen molar-refractivity contribution in [3.05, 3.63) is 0 Å². The zero-order valence-electron chi connectivity index (χ0n) is 27.6. The predicted molar refractivity (Wildman–Crippen MR) is 164 cm³/mol. The van der Waals surface area contributed by atoms with Gasteiger partial charge in [0.1, 0.15) is 55.8 Å². The minimum absolute atomic E-state index is 0.0299. The van der Waals surface area contributed by atoms with Gasteiger partial charge in [-0.25, -0.2) is 19.4 Å². The molecule has 0 spiro atoms. The Bertz CT molecular complexity index is 891. The molecule has 2 saturated heterocycles. The molecule has 0 saturated carbocycles. The molecule has 8 N–H and O–H groups in total. The second kappa shape index (κ2) is 21.6. The Morgan fingerprint density at radius 2 is 1.00 bits per heavy atom. The lowest BCUT2D eigenvalue weighted by molar-refractivity contribution is -0.434. The summed E-state index contributed by atoms with van der Waals surface area (Å²) in [6.07, 6.45) is 2.98. The number of rotatable bonds is 23.